The Labute approximate surface area is 101 Å². The summed E-state index contributed by atoms with van der Waals surface area (Å²) in [6, 6.07) is 8.12. The summed E-state index contributed by atoms with van der Waals surface area (Å²) in [4.78, 5) is 8.88. The second-order valence-electron chi connectivity index (χ2n) is 3.95. The van der Waals surface area contributed by atoms with Crippen molar-refractivity contribution in [3.05, 3.63) is 30.5 Å². The molecule has 0 saturated heterocycles. The summed E-state index contributed by atoms with van der Waals surface area (Å²) in [5, 5.41) is 3.32. The van der Waals surface area contributed by atoms with E-state index in [1.165, 1.54) is 0 Å². The van der Waals surface area contributed by atoms with Crippen LogP contribution in [0, 0.1) is 0 Å². The van der Waals surface area contributed by atoms with Crippen LogP contribution in [0.5, 0.6) is 0 Å². The Bertz CT molecular complexity index is 487. The van der Waals surface area contributed by atoms with Gasteiger partial charge in [0.2, 0.25) is 0 Å². The minimum atomic E-state index is 0.274. The van der Waals surface area contributed by atoms with Crippen LogP contribution in [0.4, 0.5) is 5.82 Å². The van der Waals surface area contributed by atoms with Gasteiger partial charge in [-0.15, -0.1) is 0 Å². The Morgan fingerprint density at radius 2 is 2.06 bits per heavy atom. The monoisotopic (exact) mass is 231 g/mol. The minimum Gasteiger partial charge on any atom is -0.383 e. The van der Waals surface area contributed by atoms with Crippen molar-refractivity contribution in [3.63, 3.8) is 0 Å². The van der Waals surface area contributed by atoms with Gasteiger partial charge in [-0.25, -0.2) is 4.98 Å². The molecule has 2 rings (SSSR count). The molecule has 1 atom stereocenters. The number of aromatic nitrogens is 2. The predicted octanol–water partition coefficient (Wildman–Crippen LogP) is 2.47. The first-order valence-corrected chi connectivity index (χ1v) is 5.80. The maximum atomic E-state index is 5.14. The topological polar surface area (TPSA) is 47.0 Å². The summed E-state index contributed by atoms with van der Waals surface area (Å²) in [7, 11) is 1.70. The van der Waals surface area contributed by atoms with Gasteiger partial charge in [0.1, 0.15) is 5.82 Å². The lowest BCUT2D eigenvalue weighted by atomic mass is 10.2. The largest absolute Gasteiger partial charge is 0.383 e. The van der Waals surface area contributed by atoms with Gasteiger partial charge in [-0.05, 0) is 18.6 Å². The van der Waals surface area contributed by atoms with Gasteiger partial charge in [-0.2, -0.15) is 0 Å². The summed E-state index contributed by atoms with van der Waals surface area (Å²) < 4.78 is 5.14. The molecule has 1 N–H and O–H groups in total. The normalized spacial score (nSPS) is 12.6. The average Bonchev–Trinajstić information content (AvgIpc) is 2.38. The summed E-state index contributed by atoms with van der Waals surface area (Å²) in [5.41, 5.74) is 1.82. The number of fused-ring (bicyclic) bond motifs is 1. The first-order valence-electron chi connectivity index (χ1n) is 5.80. The number of hydrogen-bond donors (Lipinski definition) is 1. The van der Waals surface area contributed by atoms with Gasteiger partial charge in [-0.3, -0.25) is 4.98 Å². The van der Waals surface area contributed by atoms with E-state index in [2.05, 4.69) is 22.2 Å². The highest BCUT2D eigenvalue weighted by molar-refractivity contribution is 5.75. The maximum absolute atomic E-state index is 5.14. The molecule has 0 radical (unpaired) electrons. The molecule has 4 nitrogen and oxygen atoms in total. The predicted molar refractivity (Wildman–Crippen MR) is 69.1 cm³/mol. The number of nitrogens with zero attached hydrogens (tertiary/aromatic N) is 2. The Morgan fingerprint density at radius 1 is 1.29 bits per heavy atom. The molecule has 1 heterocycles. The van der Waals surface area contributed by atoms with Crippen LogP contribution < -0.4 is 5.32 Å². The van der Waals surface area contributed by atoms with E-state index >= 15 is 0 Å². The number of nitrogens with one attached hydrogen (secondary N) is 1. The minimum absolute atomic E-state index is 0.274. The standard InChI is InChI=1S/C13H17N3O/c1-3-10(9-17-2)15-13-8-14-11-6-4-5-7-12(11)16-13/h4-8,10H,3,9H2,1-2H3,(H,15,16). The highest BCUT2D eigenvalue weighted by atomic mass is 16.5. The zero-order valence-electron chi connectivity index (χ0n) is 10.2. The van der Waals surface area contributed by atoms with Gasteiger partial charge in [0.05, 0.1) is 29.9 Å². The molecule has 90 valence electrons. The summed E-state index contributed by atoms with van der Waals surface area (Å²) in [5.74, 6) is 0.799. The van der Waals surface area contributed by atoms with Crippen molar-refractivity contribution < 1.29 is 4.74 Å². The second-order valence-corrected chi connectivity index (χ2v) is 3.95. The number of anilines is 1. The number of hydrogen-bond acceptors (Lipinski definition) is 4. The third kappa shape index (κ3) is 2.91. The smallest absolute Gasteiger partial charge is 0.145 e. The lowest BCUT2D eigenvalue weighted by molar-refractivity contribution is 0.184. The number of rotatable bonds is 5. The van der Waals surface area contributed by atoms with Gasteiger partial charge in [0.25, 0.3) is 0 Å². The van der Waals surface area contributed by atoms with Gasteiger partial charge < -0.3 is 10.1 Å². The molecule has 4 heteroatoms. The van der Waals surface area contributed by atoms with Crippen molar-refractivity contribution in [1.29, 1.82) is 0 Å². The van der Waals surface area contributed by atoms with Crippen LogP contribution in [0.15, 0.2) is 30.5 Å². The van der Waals surface area contributed by atoms with E-state index in [4.69, 9.17) is 4.74 Å². The van der Waals surface area contributed by atoms with Crippen LogP contribution in [-0.2, 0) is 4.74 Å². The molecular formula is C13H17N3O. The van der Waals surface area contributed by atoms with Crippen LogP contribution in [0.3, 0.4) is 0 Å². The van der Waals surface area contributed by atoms with E-state index in [0.717, 1.165) is 23.3 Å². The average molecular weight is 231 g/mol. The first kappa shape index (κ1) is 11.8. The van der Waals surface area contributed by atoms with Crippen molar-refractivity contribution >= 4 is 16.9 Å². The van der Waals surface area contributed by atoms with Gasteiger partial charge in [0, 0.05) is 7.11 Å². The highest BCUT2D eigenvalue weighted by Crippen LogP contribution is 2.12. The van der Waals surface area contributed by atoms with E-state index in [1.54, 1.807) is 13.3 Å². The molecule has 1 aromatic heterocycles. The number of ether oxygens (including phenoxy) is 1. The molecule has 17 heavy (non-hydrogen) atoms. The lowest BCUT2D eigenvalue weighted by Crippen LogP contribution is -2.24. The second kappa shape index (κ2) is 5.59. The van der Waals surface area contributed by atoms with Crippen LogP contribution in [0.1, 0.15) is 13.3 Å². The molecule has 0 bridgehead atoms. The molecule has 0 spiro atoms. The van der Waals surface area contributed by atoms with Gasteiger partial charge >= 0.3 is 0 Å². The van der Waals surface area contributed by atoms with Crippen molar-refractivity contribution in [3.8, 4) is 0 Å². The lowest BCUT2D eigenvalue weighted by Gasteiger charge is -2.16. The van der Waals surface area contributed by atoms with Crippen molar-refractivity contribution in [2.45, 2.75) is 19.4 Å². The van der Waals surface area contributed by atoms with Crippen LogP contribution in [0.25, 0.3) is 11.0 Å². The molecule has 0 fully saturated rings. The summed E-state index contributed by atoms with van der Waals surface area (Å²) in [6.07, 6.45) is 2.75. The molecule has 0 aliphatic rings. The fourth-order valence-electron chi connectivity index (χ4n) is 1.70. The molecule has 2 aromatic rings. The molecule has 1 unspecified atom stereocenters. The molecule has 0 aliphatic heterocycles. The quantitative estimate of drug-likeness (QED) is 0.858. The molecule has 0 amide bonds. The molecule has 0 aliphatic carbocycles. The van der Waals surface area contributed by atoms with E-state index in [0.29, 0.717) is 6.61 Å². The third-order valence-electron chi connectivity index (χ3n) is 2.66. The van der Waals surface area contributed by atoms with E-state index in [9.17, 15) is 0 Å². The van der Waals surface area contributed by atoms with Gasteiger partial charge in [-0.1, -0.05) is 19.1 Å². The van der Waals surface area contributed by atoms with E-state index in [1.807, 2.05) is 24.3 Å². The third-order valence-corrected chi connectivity index (χ3v) is 2.66. The number of benzene rings is 1. The van der Waals surface area contributed by atoms with Crippen LogP contribution >= 0.6 is 0 Å². The SMILES string of the molecule is CCC(COC)Nc1cnc2ccccc2n1. The zero-order chi connectivity index (χ0) is 12.1. The Kier molecular flexibility index (Phi) is 3.88. The van der Waals surface area contributed by atoms with E-state index < -0.39 is 0 Å². The fourth-order valence-corrected chi connectivity index (χ4v) is 1.70. The summed E-state index contributed by atoms with van der Waals surface area (Å²) >= 11 is 0. The first-order chi connectivity index (χ1) is 8.33. The summed E-state index contributed by atoms with van der Waals surface area (Å²) in [6.45, 7) is 2.79. The Balaban J connectivity index is 2.18. The molecule has 0 saturated carbocycles. The number of methoxy groups -OCH3 is 1. The van der Waals surface area contributed by atoms with Crippen molar-refractivity contribution in [2.75, 3.05) is 19.0 Å². The molecule has 1 aromatic carbocycles. The van der Waals surface area contributed by atoms with Crippen LogP contribution in [-0.4, -0.2) is 29.7 Å². The fraction of sp³-hybridized carbons (Fsp3) is 0.385. The Morgan fingerprint density at radius 3 is 2.76 bits per heavy atom. The maximum Gasteiger partial charge on any atom is 0.145 e. The molecular weight excluding hydrogens is 214 g/mol. The van der Waals surface area contributed by atoms with Crippen molar-refractivity contribution in [1.82, 2.24) is 9.97 Å². The van der Waals surface area contributed by atoms with Crippen molar-refractivity contribution in [2.24, 2.45) is 0 Å². The van der Waals surface area contributed by atoms with Gasteiger partial charge in [0.15, 0.2) is 0 Å². The zero-order valence-corrected chi connectivity index (χ0v) is 10.2. The Hall–Kier alpha value is -1.68. The van der Waals surface area contributed by atoms with E-state index in [-0.39, 0.29) is 6.04 Å². The highest BCUT2D eigenvalue weighted by Gasteiger charge is 2.06. The van der Waals surface area contributed by atoms with Crippen LogP contribution in [0.2, 0.25) is 0 Å². The number of para-hydroxylation sites is 2.